The van der Waals surface area contributed by atoms with Crippen LogP contribution in [-0.4, -0.2) is 5.84 Å². The number of amidine groups is 1. The van der Waals surface area contributed by atoms with Crippen LogP contribution in [0, 0.1) is 0 Å². The van der Waals surface area contributed by atoms with E-state index in [0.717, 1.165) is 17.1 Å². The standard InChI is InChI=1S/C20H15ClN2/c21-16-10-6-9-15(13-16)20-22-18-12-5-4-11-17(18)19(23-20)14-7-2-1-3-8-14/h1-13,19H,(H,22,23). The summed E-state index contributed by atoms with van der Waals surface area (Å²) in [5.74, 6) is 0.847. The smallest absolute Gasteiger partial charge is 0.134 e. The summed E-state index contributed by atoms with van der Waals surface area (Å²) in [7, 11) is 0. The lowest BCUT2D eigenvalue weighted by molar-refractivity contribution is 0.749. The Morgan fingerprint density at radius 3 is 2.43 bits per heavy atom. The molecule has 0 spiro atoms. The van der Waals surface area contributed by atoms with Crippen LogP contribution in [0.4, 0.5) is 5.69 Å². The summed E-state index contributed by atoms with van der Waals surface area (Å²) >= 11 is 6.13. The molecule has 3 heteroatoms. The van der Waals surface area contributed by atoms with Crippen molar-refractivity contribution in [1.82, 2.24) is 5.32 Å². The lowest BCUT2D eigenvalue weighted by Gasteiger charge is -2.27. The minimum Gasteiger partial charge on any atom is -0.359 e. The zero-order chi connectivity index (χ0) is 15.6. The third-order valence-corrected chi connectivity index (χ3v) is 4.23. The molecule has 3 aromatic rings. The fourth-order valence-corrected chi connectivity index (χ4v) is 3.08. The van der Waals surface area contributed by atoms with Crippen LogP contribution in [0.3, 0.4) is 0 Å². The maximum absolute atomic E-state index is 6.13. The van der Waals surface area contributed by atoms with Gasteiger partial charge >= 0.3 is 0 Å². The molecule has 0 amide bonds. The summed E-state index contributed by atoms with van der Waals surface area (Å²) in [6.45, 7) is 0. The van der Waals surface area contributed by atoms with Crippen molar-refractivity contribution >= 4 is 23.1 Å². The van der Waals surface area contributed by atoms with E-state index in [4.69, 9.17) is 16.6 Å². The van der Waals surface area contributed by atoms with E-state index in [9.17, 15) is 0 Å². The van der Waals surface area contributed by atoms with Gasteiger partial charge in [-0.1, -0.05) is 72.3 Å². The number of halogens is 1. The summed E-state index contributed by atoms with van der Waals surface area (Å²) in [6, 6.07) is 26.5. The number of rotatable bonds is 2. The highest BCUT2D eigenvalue weighted by Crippen LogP contribution is 2.34. The second-order valence-electron chi connectivity index (χ2n) is 5.52. The summed E-state index contributed by atoms with van der Waals surface area (Å²) in [4.78, 5) is 4.78. The lowest BCUT2D eigenvalue weighted by Crippen LogP contribution is -2.32. The van der Waals surface area contributed by atoms with Crippen molar-refractivity contribution in [2.24, 2.45) is 4.99 Å². The van der Waals surface area contributed by atoms with Crippen LogP contribution in [0.5, 0.6) is 0 Å². The first-order valence-corrected chi connectivity index (χ1v) is 7.94. The molecule has 3 aromatic carbocycles. The molecule has 0 aromatic heterocycles. The van der Waals surface area contributed by atoms with Gasteiger partial charge in [0.25, 0.3) is 0 Å². The van der Waals surface area contributed by atoms with Gasteiger partial charge in [-0.15, -0.1) is 0 Å². The van der Waals surface area contributed by atoms with Gasteiger partial charge in [-0.3, -0.25) is 0 Å². The van der Waals surface area contributed by atoms with E-state index in [-0.39, 0.29) is 6.04 Å². The Labute approximate surface area is 140 Å². The van der Waals surface area contributed by atoms with Gasteiger partial charge in [0, 0.05) is 16.1 Å². The minimum absolute atomic E-state index is 0.0823. The third-order valence-electron chi connectivity index (χ3n) is 3.99. The lowest BCUT2D eigenvalue weighted by atomic mass is 9.95. The Balaban J connectivity index is 1.84. The molecule has 4 rings (SSSR count). The SMILES string of the molecule is Clc1cccc(C2=Nc3ccccc3C(c3ccccc3)N2)c1. The molecule has 1 aliphatic heterocycles. The predicted octanol–water partition coefficient (Wildman–Crippen LogP) is 5.11. The average molecular weight is 319 g/mol. The van der Waals surface area contributed by atoms with Crippen molar-refractivity contribution in [1.29, 1.82) is 0 Å². The first kappa shape index (κ1) is 14.0. The van der Waals surface area contributed by atoms with Gasteiger partial charge in [-0.05, 0) is 23.8 Å². The van der Waals surface area contributed by atoms with E-state index < -0.39 is 0 Å². The summed E-state index contributed by atoms with van der Waals surface area (Å²) in [5.41, 5.74) is 4.39. The van der Waals surface area contributed by atoms with Gasteiger partial charge < -0.3 is 5.32 Å². The number of hydrogen-bond donors (Lipinski definition) is 1. The quantitative estimate of drug-likeness (QED) is 0.697. The van der Waals surface area contributed by atoms with Gasteiger partial charge in [0.2, 0.25) is 0 Å². The number of nitrogens with zero attached hydrogens (tertiary/aromatic N) is 1. The first-order chi connectivity index (χ1) is 11.3. The number of hydrogen-bond acceptors (Lipinski definition) is 2. The largest absolute Gasteiger partial charge is 0.359 e. The van der Waals surface area contributed by atoms with Crippen LogP contribution in [0.1, 0.15) is 22.7 Å². The number of para-hydroxylation sites is 1. The molecule has 1 aliphatic rings. The van der Waals surface area contributed by atoms with E-state index >= 15 is 0 Å². The minimum atomic E-state index is 0.0823. The van der Waals surface area contributed by atoms with Crippen LogP contribution in [0.25, 0.3) is 0 Å². The molecule has 112 valence electrons. The van der Waals surface area contributed by atoms with Crippen LogP contribution in [-0.2, 0) is 0 Å². The molecule has 0 fully saturated rings. The summed E-state index contributed by atoms with van der Waals surface area (Å²) in [6.07, 6.45) is 0. The molecule has 0 aliphatic carbocycles. The zero-order valence-electron chi connectivity index (χ0n) is 12.4. The summed E-state index contributed by atoms with van der Waals surface area (Å²) < 4.78 is 0. The molecular weight excluding hydrogens is 304 g/mol. The second-order valence-corrected chi connectivity index (χ2v) is 5.95. The van der Waals surface area contributed by atoms with Crippen LogP contribution in [0.2, 0.25) is 5.02 Å². The van der Waals surface area contributed by atoms with Crippen molar-refractivity contribution in [3.63, 3.8) is 0 Å². The van der Waals surface area contributed by atoms with E-state index in [2.05, 4.69) is 47.8 Å². The van der Waals surface area contributed by atoms with Gasteiger partial charge in [0.1, 0.15) is 5.84 Å². The topological polar surface area (TPSA) is 24.4 Å². The molecule has 0 saturated heterocycles. The van der Waals surface area contributed by atoms with Gasteiger partial charge in [0.15, 0.2) is 0 Å². The normalized spacial score (nSPS) is 16.2. The van der Waals surface area contributed by atoms with Gasteiger partial charge in [-0.25, -0.2) is 4.99 Å². The molecule has 0 radical (unpaired) electrons. The number of aliphatic imine (C=N–C) groups is 1. The molecule has 1 heterocycles. The van der Waals surface area contributed by atoms with Crippen molar-refractivity contribution < 1.29 is 0 Å². The highest BCUT2D eigenvalue weighted by Gasteiger charge is 2.23. The Kier molecular flexibility index (Phi) is 3.60. The van der Waals surface area contributed by atoms with Crippen molar-refractivity contribution in [2.45, 2.75) is 6.04 Å². The van der Waals surface area contributed by atoms with E-state index in [1.54, 1.807) is 0 Å². The molecule has 2 nitrogen and oxygen atoms in total. The number of benzene rings is 3. The molecule has 23 heavy (non-hydrogen) atoms. The van der Waals surface area contributed by atoms with Crippen molar-refractivity contribution in [3.05, 3.63) is 101 Å². The number of fused-ring (bicyclic) bond motifs is 1. The molecule has 1 atom stereocenters. The fourth-order valence-electron chi connectivity index (χ4n) is 2.89. The fraction of sp³-hybridized carbons (Fsp3) is 0.0500. The van der Waals surface area contributed by atoms with Gasteiger partial charge in [-0.2, -0.15) is 0 Å². The van der Waals surface area contributed by atoms with Crippen LogP contribution >= 0.6 is 11.6 Å². The predicted molar refractivity (Wildman–Crippen MR) is 95.5 cm³/mol. The third kappa shape index (κ3) is 2.73. The van der Waals surface area contributed by atoms with E-state index in [1.165, 1.54) is 11.1 Å². The average Bonchev–Trinajstić information content (AvgIpc) is 2.61. The molecule has 0 saturated carbocycles. The molecular formula is C20H15ClN2. The van der Waals surface area contributed by atoms with Gasteiger partial charge in [0.05, 0.1) is 11.7 Å². The van der Waals surface area contributed by atoms with Crippen molar-refractivity contribution in [2.75, 3.05) is 0 Å². The molecule has 0 bridgehead atoms. The van der Waals surface area contributed by atoms with E-state index in [0.29, 0.717) is 5.02 Å². The second kappa shape index (κ2) is 5.90. The van der Waals surface area contributed by atoms with Crippen molar-refractivity contribution in [3.8, 4) is 0 Å². The molecule has 1 N–H and O–H groups in total. The summed E-state index contributed by atoms with van der Waals surface area (Å²) in [5, 5.41) is 4.27. The Morgan fingerprint density at radius 2 is 1.61 bits per heavy atom. The maximum atomic E-state index is 6.13. The Bertz CT molecular complexity index is 872. The highest BCUT2D eigenvalue weighted by atomic mass is 35.5. The van der Waals surface area contributed by atoms with Crippen LogP contribution < -0.4 is 5.32 Å². The van der Waals surface area contributed by atoms with Crippen LogP contribution in [0.15, 0.2) is 83.9 Å². The monoisotopic (exact) mass is 318 g/mol. The van der Waals surface area contributed by atoms with E-state index in [1.807, 2.05) is 36.4 Å². The Morgan fingerprint density at radius 1 is 0.826 bits per heavy atom. The highest BCUT2D eigenvalue weighted by molar-refractivity contribution is 6.31. The zero-order valence-corrected chi connectivity index (χ0v) is 13.2. The maximum Gasteiger partial charge on any atom is 0.134 e. The first-order valence-electron chi connectivity index (χ1n) is 7.56. The molecule has 1 unspecified atom stereocenters. The Hall–Kier alpha value is -2.58. The number of nitrogens with one attached hydrogen (secondary N) is 1.